The molecule has 3 aromatic rings. The van der Waals surface area contributed by atoms with E-state index in [0.717, 1.165) is 19.6 Å². The minimum Gasteiger partial charge on any atom is -0.492 e. The Bertz CT molecular complexity index is 1540. The quantitative estimate of drug-likeness (QED) is 0.235. The summed E-state index contributed by atoms with van der Waals surface area (Å²) < 4.78 is 33.0. The molecular formula is C36H44Cl2FN3O5. The van der Waals surface area contributed by atoms with Gasteiger partial charge in [0.2, 0.25) is 5.91 Å². The van der Waals surface area contributed by atoms with Crippen LogP contribution in [-0.4, -0.2) is 62.7 Å². The third-order valence-corrected chi connectivity index (χ3v) is 8.44. The summed E-state index contributed by atoms with van der Waals surface area (Å²) in [7, 11) is 1.58. The number of methoxy groups -OCH3 is 1. The van der Waals surface area contributed by atoms with Crippen LogP contribution in [0.15, 0.2) is 60.7 Å². The largest absolute Gasteiger partial charge is 0.492 e. The van der Waals surface area contributed by atoms with E-state index in [-0.39, 0.29) is 36.7 Å². The van der Waals surface area contributed by atoms with E-state index in [4.69, 9.17) is 25.8 Å². The van der Waals surface area contributed by atoms with Crippen LogP contribution in [0, 0.1) is 11.2 Å². The van der Waals surface area contributed by atoms with Gasteiger partial charge in [-0.15, -0.1) is 12.4 Å². The van der Waals surface area contributed by atoms with Crippen molar-refractivity contribution in [2.24, 2.45) is 5.41 Å². The van der Waals surface area contributed by atoms with Gasteiger partial charge in [0.25, 0.3) is 5.91 Å². The molecule has 1 fully saturated rings. The standard InChI is InChI=1S/C36H43ClFN3O5.ClH/c1-36(2,3)23-41-29-15-14-25(37)20-27(29)33(26-11-9-13-30(34(26)44-4)45-19-18-40-16-7-8-17-40)46-31(35(41)43)21-32(42)39-22-24-10-5-6-12-28(24)38;/h5-6,9-15,20,31,33H,7-8,16-19,21-23H2,1-4H3,(H,39,42);1H/t31-,33-;/m1./s1. The normalized spacial score (nSPS) is 18.3. The molecular weight excluding hydrogens is 644 g/mol. The van der Waals surface area contributed by atoms with Gasteiger partial charge in [-0.1, -0.05) is 62.7 Å². The van der Waals surface area contributed by atoms with E-state index >= 15 is 0 Å². The summed E-state index contributed by atoms with van der Waals surface area (Å²) >= 11 is 6.55. The zero-order valence-electron chi connectivity index (χ0n) is 27.4. The van der Waals surface area contributed by atoms with Gasteiger partial charge in [-0.25, -0.2) is 4.39 Å². The molecule has 0 spiro atoms. The van der Waals surface area contributed by atoms with Gasteiger partial charge in [0.1, 0.15) is 24.6 Å². The van der Waals surface area contributed by atoms with Crippen LogP contribution in [0.5, 0.6) is 11.5 Å². The Labute approximate surface area is 287 Å². The molecule has 0 aliphatic carbocycles. The Morgan fingerprint density at radius 3 is 2.51 bits per heavy atom. The van der Waals surface area contributed by atoms with Crippen molar-refractivity contribution in [3.05, 3.63) is 88.2 Å². The van der Waals surface area contributed by atoms with Crippen LogP contribution in [0.4, 0.5) is 10.1 Å². The number of hydrogen-bond acceptors (Lipinski definition) is 6. The molecule has 0 aromatic heterocycles. The minimum absolute atomic E-state index is 0. The average Bonchev–Trinajstić information content (AvgIpc) is 3.51. The van der Waals surface area contributed by atoms with E-state index in [9.17, 15) is 14.0 Å². The molecule has 5 rings (SSSR count). The predicted molar refractivity (Wildman–Crippen MR) is 184 cm³/mol. The number of benzene rings is 3. The number of likely N-dealkylation sites (tertiary alicyclic amines) is 1. The zero-order valence-corrected chi connectivity index (χ0v) is 29.0. The Morgan fingerprint density at radius 2 is 1.81 bits per heavy atom. The average molecular weight is 689 g/mol. The Morgan fingerprint density at radius 1 is 1.06 bits per heavy atom. The molecule has 2 aliphatic rings. The molecule has 254 valence electrons. The summed E-state index contributed by atoms with van der Waals surface area (Å²) in [6.45, 7) is 9.94. The predicted octanol–water partition coefficient (Wildman–Crippen LogP) is 6.96. The fourth-order valence-electron chi connectivity index (χ4n) is 6.02. The minimum atomic E-state index is -1.15. The van der Waals surface area contributed by atoms with Gasteiger partial charge in [0, 0.05) is 47.0 Å². The van der Waals surface area contributed by atoms with Gasteiger partial charge in [-0.3, -0.25) is 14.5 Å². The Kier molecular flexibility index (Phi) is 12.5. The fourth-order valence-corrected chi connectivity index (χ4v) is 6.20. The van der Waals surface area contributed by atoms with Crippen molar-refractivity contribution in [3.63, 3.8) is 0 Å². The second-order valence-corrected chi connectivity index (χ2v) is 13.5. The van der Waals surface area contributed by atoms with E-state index in [1.165, 1.54) is 18.9 Å². The molecule has 0 radical (unpaired) electrons. The number of carbonyl (C=O) groups excluding carboxylic acids is 2. The van der Waals surface area contributed by atoms with Gasteiger partial charge < -0.3 is 24.4 Å². The third-order valence-electron chi connectivity index (χ3n) is 8.20. The second-order valence-electron chi connectivity index (χ2n) is 13.0. The van der Waals surface area contributed by atoms with Gasteiger partial charge >= 0.3 is 0 Å². The lowest BCUT2D eigenvalue weighted by Gasteiger charge is -2.31. The first kappa shape index (κ1) is 36.5. The topological polar surface area (TPSA) is 80.3 Å². The van der Waals surface area contributed by atoms with Gasteiger partial charge in [0.05, 0.1) is 13.5 Å². The van der Waals surface area contributed by atoms with Crippen LogP contribution in [0.2, 0.25) is 5.02 Å². The van der Waals surface area contributed by atoms with Crippen LogP contribution in [0.1, 0.15) is 62.8 Å². The van der Waals surface area contributed by atoms with Crippen molar-refractivity contribution in [3.8, 4) is 11.5 Å². The lowest BCUT2D eigenvalue weighted by molar-refractivity contribution is -0.138. The molecule has 2 amide bonds. The van der Waals surface area contributed by atoms with Crippen LogP contribution in [0.3, 0.4) is 0 Å². The molecule has 0 unspecified atom stereocenters. The number of anilines is 1. The number of fused-ring (bicyclic) bond motifs is 1. The number of hydrogen-bond donors (Lipinski definition) is 1. The maximum absolute atomic E-state index is 14.3. The highest BCUT2D eigenvalue weighted by Crippen LogP contribution is 2.45. The molecule has 8 nitrogen and oxygen atoms in total. The number of amides is 2. The Balaban J connectivity index is 0.00000500. The lowest BCUT2D eigenvalue weighted by atomic mass is 9.94. The van der Waals surface area contributed by atoms with Crippen LogP contribution in [0.25, 0.3) is 0 Å². The van der Waals surface area contributed by atoms with Gasteiger partial charge in [0.15, 0.2) is 11.5 Å². The molecule has 1 saturated heterocycles. The molecule has 2 atom stereocenters. The highest BCUT2D eigenvalue weighted by Gasteiger charge is 2.40. The highest BCUT2D eigenvalue weighted by molar-refractivity contribution is 6.30. The molecule has 2 heterocycles. The number of carbonyl (C=O) groups is 2. The molecule has 3 aromatic carbocycles. The molecule has 47 heavy (non-hydrogen) atoms. The zero-order chi connectivity index (χ0) is 32.8. The number of ether oxygens (including phenoxy) is 3. The molecule has 0 saturated carbocycles. The molecule has 1 N–H and O–H groups in total. The van der Waals surface area contributed by atoms with Crippen LogP contribution in [-0.2, 0) is 20.9 Å². The number of nitrogens with one attached hydrogen (secondary N) is 1. The lowest BCUT2D eigenvalue weighted by Crippen LogP contribution is -2.45. The maximum Gasteiger partial charge on any atom is 0.256 e. The van der Waals surface area contributed by atoms with Gasteiger partial charge in [-0.05, 0) is 61.7 Å². The summed E-state index contributed by atoms with van der Waals surface area (Å²) in [6, 6.07) is 17.2. The number of nitrogens with zero attached hydrogens (tertiary/aromatic N) is 2. The summed E-state index contributed by atoms with van der Waals surface area (Å²) in [6.07, 6.45) is 0.174. The number of rotatable bonds is 11. The third kappa shape index (κ3) is 9.16. The second kappa shape index (κ2) is 16.2. The first-order valence-electron chi connectivity index (χ1n) is 15.8. The van der Waals surface area contributed by atoms with E-state index in [1.54, 1.807) is 42.3 Å². The van der Waals surface area contributed by atoms with Crippen molar-refractivity contribution in [1.29, 1.82) is 0 Å². The number of para-hydroxylation sites is 1. The summed E-state index contributed by atoms with van der Waals surface area (Å²) in [5, 5.41) is 3.23. The van der Waals surface area contributed by atoms with Crippen molar-refractivity contribution in [2.75, 3.05) is 44.8 Å². The SMILES string of the molecule is COc1c(OCCN2CCCC2)cccc1[C@H]1O[C@H](CC(=O)NCc2ccccc2F)C(=O)N(CC(C)(C)C)c2ccc(Cl)cc21.Cl. The van der Waals surface area contributed by atoms with Crippen LogP contribution >= 0.6 is 24.0 Å². The first-order valence-corrected chi connectivity index (χ1v) is 16.2. The first-order chi connectivity index (χ1) is 22.0. The van der Waals surface area contributed by atoms with Crippen LogP contribution < -0.4 is 19.7 Å². The van der Waals surface area contributed by atoms with E-state index in [0.29, 0.717) is 52.1 Å². The summed E-state index contributed by atoms with van der Waals surface area (Å²) in [4.78, 5) is 31.6. The maximum atomic E-state index is 14.3. The fraction of sp³-hybridized carbons (Fsp3) is 0.444. The van der Waals surface area contributed by atoms with E-state index in [2.05, 4.69) is 10.2 Å². The van der Waals surface area contributed by atoms with Crippen molar-refractivity contribution in [2.45, 2.75) is 58.8 Å². The van der Waals surface area contributed by atoms with E-state index in [1.807, 2.05) is 45.0 Å². The van der Waals surface area contributed by atoms with Crippen molar-refractivity contribution >= 4 is 41.5 Å². The number of halogens is 3. The molecule has 0 bridgehead atoms. The smallest absolute Gasteiger partial charge is 0.256 e. The van der Waals surface area contributed by atoms with E-state index < -0.39 is 23.9 Å². The van der Waals surface area contributed by atoms with Gasteiger partial charge in [-0.2, -0.15) is 0 Å². The molecule has 2 aliphatic heterocycles. The monoisotopic (exact) mass is 687 g/mol. The summed E-state index contributed by atoms with van der Waals surface area (Å²) in [5.74, 6) is -0.153. The van der Waals surface area contributed by atoms with Crippen molar-refractivity contribution < 1.29 is 28.2 Å². The Hall–Kier alpha value is -3.37. The molecule has 11 heteroatoms. The highest BCUT2D eigenvalue weighted by atomic mass is 35.5. The van der Waals surface area contributed by atoms with Crippen molar-refractivity contribution in [1.82, 2.24) is 10.2 Å². The summed E-state index contributed by atoms with van der Waals surface area (Å²) in [5.41, 5.74) is 2.04.